The molecule has 0 aromatic heterocycles. The Morgan fingerprint density at radius 2 is 1.27 bits per heavy atom. The van der Waals surface area contributed by atoms with E-state index in [1.165, 1.54) is 12.1 Å². The van der Waals surface area contributed by atoms with Crippen LogP contribution in [0.25, 0.3) is 0 Å². The van der Waals surface area contributed by atoms with Crippen molar-refractivity contribution in [1.82, 2.24) is 0 Å². The Morgan fingerprint density at radius 3 is 1.77 bits per heavy atom. The van der Waals surface area contributed by atoms with Gasteiger partial charge in [-0.2, -0.15) is 0 Å². The molecule has 114 valence electrons. The normalized spacial score (nSPS) is 10.2. The highest BCUT2D eigenvalue weighted by Crippen LogP contribution is 2.25. The van der Waals surface area contributed by atoms with Gasteiger partial charge in [0.1, 0.15) is 0 Å². The van der Waals surface area contributed by atoms with Gasteiger partial charge in [0.2, 0.25) is 0 Å². The van der Waals surface area contributed by atoms with Crippen LogP contribution in [0.2, 0.25) is 15.1 Å². The van der Waals surface area contributed by atoms with Gasteiger partial charge in [0.25, 0.3) is 0 Å². The lowest BCUT2D eigenvalue weighted by atomic mass is 10.2. The van der Waals surface area contributed by atoms with Crippen LogP contribution in [0.4, 0.5) is 11.4 Å². The zero-order chi connectivity index (χ0) is 16.3. The topological polar surface area (TPSA) is 58.2 Å². The van der Waals surface area contributed by atoms with Crippen LogP contribution in [0.15, 0.2) is 36.4 Å². The molecule has 2 rings (SSSR count). The van der Waals surface area contributed by atoms with Crippen LogP contribution in [-0.2, 0) is 9.59 Å². The van der Waals surface area contributed by atoms with Gasteiger partial charge in [-0.3, -0.25) is 9.59 Å². The smallest absolute Gasteiger partial charge is 0.314 e. The molecule has 0 atom stereocenters. The second kappa shape index (κ2) is 7.01. The molecule has 0 saturated carbocycles. The van der Waals surface area contributed by atoms with Crippen LogP contribution in [0, 0.1) is 6.92 Å². The average molecular weight is 358 g/mol. The first-order valence-corrected chi connectivity index (χ1v) is 7.34. The van der Waals surface area contributed by atoms with E-state index in [1.807, 2.05) is 6.92 Å². The van der Waals surface area contributed by atoms with E-state index in [0.29, 0.717) is 21.4 Å². The average Bonchev–Trinajstić information content (AvgIpc) is 2.46. The molecular formula is C15H11Cl3N2O2. The van der Waals surface area contributed by atoms with E-state index in [9.17, 15) is 9.59 Å². The minimum absolute atomic E-state index is 0.283. The number of nitrogens with one attached hydrogen (secondary N) is 2. The zero-order valence-corrected chi connectivity index (χ0v) is 13.7. The number of carbonyl (C=O) groups is 2. The van der Waals surface area contributed by atoms with Gasteiger partial charge in [-0.05, 0) is 42.8 Å². The number of amides is 2. The summed E-state index contributed by atoms with van der Waals surface area (Å²) in [5, 5.41) is 6.04. The molecule has 0 aliphatic rings. The summed E-state index contributed by atoms with van der Waals surface area (Å²) >= 11 is 17.6. The lowest BCUT2D eigenvalue weighted by Gasteiger charge is -2.08. The highest BCUT2D eigenvalue weighted by atomic mass is 35.5. The van der Waals surface area contributed by atoms with Gasteiger partial charge in [-0.1, -0.05) is 40.9 Å². The van der Waals surface area contributed by atoms with Gasteiger partial charge in [0.15, 0.2) is 0 Å². The molecule has 0 aliphatic heterocycles. The maximum atomic E-state index is 11.8. The van der Waals surface area contributed by atoms with E-state index in [1.54, 1.807) is 24.3 Å². The number of carbonyl (C=O) groups excluding carboxylic acids is 2. The molecular weight excluding hydrogens is 347 g/mol. The number of benzene rings is 2. The molecule has 4 nitrogen and oxygen atoms in total. The van der Waals surface area contributed by atoms with Crippen LogP contribution in [0.5, 0.6) is 0 Å². The van der Waals surface area contributed by atoms with Gasteiger partial charge in [-0.25, -0.2) is 0 Å². The molecule has 0 unspecified atom stereocenters. The van der Waals surface area contributed by atoms with Crippen LogP contribution >= 0.6 is 34.8 Å². The van der Waals surface area contributed by atoms with Gasteiger partial charge in [-0.15, -0.1) is 0 Å². The molecule has 2 aromatic carbocycles. The maximum Gasteiger partial charge on any atom is 0.314 e. The Morgan fingerprint density at radius 1 is 0.773 bits per heavy atom. The number of rotatable bonds is 2. The molecule has 2 amide bonds. The first-order valence-electron chi connectivity index (χ1n) is 6.20. The molecule has 22 heavy (non-hydrogen) atoms. The maximum absolute atomic E-state index is 11.8. The summed E-state index contributed by atoms with van der Waals surface area (Å²) < 4.78 is 0. The Kier molecular flexibility index (Phi) is 5.29. The number of hydrogen-bond acceptors (Lipinski definition) is 2. The Balaban J connectivity index is 2.04. The number of halogens is 3. The fourth-order valence-electron chi connectivity index (χ4n) is 1.62. The third-order valence-corrected chi connectivity index (χ3v) is 3.96. The van der Waals surface area contributed by atoms with Crippen molar-refractivity contribution in [2.45, 2.75) is 6.92 Å². The highest BCUT2D eigenvalue weighted by Gasteiger charge is 2.15. The van der Waals surface area contributed by atoms with Crippen molar-refractivity contribution in [3.63, 3.8) is 0 Å². The van der Waals surface area contributed by atoms with Crippen molar-refractivity contribution in [2.24, 2.45) is 0 Å². The predicted molar refractivity (Wildman–Crippen MR) is 89.9 cm³/mol. The van der Waals surface area contributed by atoms with E-state index in [4.69, 9.17) is 34.8 Å². The Hall–Kier alpha value is -1.75. The van der Waals surface area contributed by atoms with Crippen molar-refractivity contribution in [1.29, 1.82) is 0 Å². The summed E-state index contributed by atoms with van der Waals surface area (Å²) in [5.41, 5.74) is 1.68. The van der Waals surface area contributed by atoms with Crippen molar-refractivity contribution >= 4 is 58.0 Å². The second-order valence-electron chi connectivity index (χ2n) is 4.50. The van der Waals surface area contributed by atoms with Crippen LogP contribution in [0.3, 0.4) is 0 Å². The lowest BCUT2D eigenvalue weighted by Crippen LogP contribution is -2.29. The van der Waals surface area contributed by atoms with Crippen LogP contribution < -0.4 is 10.6 Å². The molecule has 0 heterocycles. The highest BCUT2D eigenvalue weighted by molar-refractivity contribution is 6.44. The minimum atomic E-state index is -0.824. The fraction of sp³-hybridized carbons (Fsp3) is 0.0667. The van der Waals surface area contributed by atoms with E-state index >= 15 is 0 Å². The standard InChI is InChI=1S/C15H11Cl3N2O2/c1-8-2-3-9(6-12(8)17)19-14(21)15(22)20-10-4-5-11(16)13(18)7-10/h2-7H,1H3,(H,19,21)(H,20,22). The monoisotopic (exact) mass is 356 g/mol. The fourth-order valence-corrected chi connectivity index (χ4v) is 2.10. The van der Waals surface area contributed by atoms with E-state index < -0.39 is 11.8 Å². The van der Waals surface area contributed by atoms with E-state index in [-0.39, 0.29) is 5.02 Å². The summed E-state index contributed by atoms with van der Waals surface area (Å²) in [6.45, 7) is 1.84. The molecule has 0 spiro atoms. The van der Waals surface area contributed by atoms with Crippen molar-refractivity contribution < 1.29 is 9.59 Å². The largest absolute Gasteiger partial charge is 0.318 e. The summed E-state index contributed by atoms with van der Waals surface area (Å²) in [6.07, 6.45) is 0. The van der Waals surface area contributed by atoms with E-state index in [0.717, 1.165) is 5.56 Å². The summed E-state index contributed by atoms with van der Waals surface area (Å²) in [6, 6.07) is 9.50. The SMILES string of the molecule is Cc1ccc(NC(=O)C(=O)Nc2ccc(Cl)c(Cl)c2)cc1Cl. The Bertz CT molecular complexity index is 684. The van der Waals surface area contributed by atoms with Gasteiger partial charge in [0.05, 0.1) is 10.0 Å². The van der Waals surface area contributed by atoms with Crippen LogP contribution in [-0.4, -0.2) is 11.8 Å². The molecule has 0 radical (unpaired) electrons. The van der Waals surface area contributed by atoms with Gasteiger partial charge in [0, 0.05) is 16.4 Å². The lowest BCUT2D eigenvalue weighted by molar-refractivity contribution is -0.132. The first kappa shape index (κ1) is 16.6. The molecule has 2 N–H and O–H groups in total. The molecule has 0 aliphatic carbocycles. The third-order valence-electron chi connectivity index (χ3n) is 2.81. The first-order chi connectivity index (χ1) is 10.4. The van der Waals surface area contributed by atoms with Gasteiger partial charge < -0.3 is 10.6 Å². The zero-order valence-electron chi connectivity index (χ0n) is 11.4. The molecule has 7 heteroatoms. The minimum Gasteiger partial charge on any atom is -0.318 e. The van der Waals surface area contributed by atoms with Crippen molar-refractivity contribution in [3.8, 4) is 0 Å². The summed E-state index contributed by atoms with van der Waals surface area (Å²) in [5.74, 6) is -1.64. The molecule has 2 aromatic rings. The third kappa shape index (κ3) is 4.13. The molecule has 0 fully saturated rings. The predicted octanol–water partition coefficient (Wildman–Crippen LogP) is 4.53. The van der Waals surface area contributed by atoms with Gasteiger partial charge >= 0.3 is 11.8 Å². The molecule has 0 saturated heterocycles. The Labute approximate surface area is 142 Å². The number of anilines is 2. The second-order valence-corrected chi connectivity index (χ2v) is 5.72. The summed E-state index contributed by atoms with van der Waals surface area (Å²) in [7, 11) is 0. The van der Waals surface area contributed by atoms with Crippen molar-refractivity contribution in [2.75, 3.05) is 10.6 Å². The number of hydrogen-bond donors (Lipinski definition) is 2. The van der Waals surface area contributed by atoms with Crippen LogP contribution in [0.1, 0.15) is 5.56 Å². The number of aryl methyl sites for hydroxylation is 1. The quantitative estimate of drug-likeness (QED) is 0.776. The van der Waals surface area contributed by atoms with E-state index in [2.05, 4.69) is 10.6 Å². The summed E-state index contributed by atoms with van der Waals surface area (Å²) in [4.78, 5) is 23.7. The molecule has 0 bridgehead atoms. The van der Waals surface area contributed by atoms with Crippen molar-refractivity contribution in [3.05, 3.63) is 57.0 Å².